The second kappa shape index (κ2) is 9.84. The van der Waals surface area contributed by atoms with Gasteiger partial charge in [0.15, 0.2) is 0 Å². The fourth-order valence-electron chi connectivity index (χ4n) is 3.07. The Balaban J connectivity index is 1.66. The van der Waals surface area contributed by atoms with Gasteiger partial charge < -0.3 is 9.64 Å². The average molecular weight is 455 g/mol. The quantitative estimate of drug-likeness (QED) is 0.486. The molecule has 0 aromatic heterocycles. The first kappa shape index (κ1) is 22.0. The van der Waals surface area contributed by atoms with Crippen LogP contribution in [-0.2, 0) is 10.0 Å². The van der Waals surface area contributed by atoms with Gasteiger partial charge in [-0.2, -0.15) is 0 Å². The molecule has 2 aromatic rings. The maximum Gasteiger partial charge on any atom is 0.255 e. The van der Waals surface area contributed by atoms with Gasteiger partial charge in [0.05, 0.1) is 10.5 Å². The van der Waals surface area contributed by atoms with Gasteiger partial charge in [0.1, 0.15) is 12.4 Å². The Kier molecular flexibility index (Phi) is 7.45. The van der Waals surface area contributed by atoms with Crippen molar-refractivity contribution in [1.82, 2.24) is 9.62 Å². The average Bonchev–Trinajstić information content (AvgIpc) is 3.26. The Hall–Kier alpha value is -1.74. The zero-order chi connectivity index (χ0) is 20.9. The molecule has 1 heterocycles. The van der Waals surface area contributed by atoms with Crippen LogP contribution in [0.4, 0.5) is 0 Å². The van der Waals surface area contributed by atoms with E-state index in [1.807, 2.05) is 6.26 Å². The zero-order valence-electron chi connectivity index (χ0n) is 16.1. The minimum Gasteiger partial charge on any atom is -0.492 e. The highest BCUT2D eigenvalue weighted by molar-refractivity contribution is 7.98. The molecule has 1 aliphatic heterocycles. The van der Waals surface area contributed by atoms with Gasteiger partial charge in [0.2, 0.25) is 10.0 Å². The monoisotopic (exact) mass is 454 g/mol. The summed E-state index contributed by atoms with van der Waals surface area (Å²) in [5.74, 6) is 0.492. The smallest absolute Gasteiger partial charge is 0.255 e. The number of ether oxygens (including phenoxy) is 1. The molecular formula is C20H23ClN2O4S2. The number of nitrogens with one attached hydrogen (secondary N) is 1. The van der Waals surface area contributed by atoms with E-state index in [-0.39, 0.29) is 24.0 Å². The first-order valence-corrected chi connectivity index (χ1v) is 12.3. The lowest BCUT2D eigenvalue weighted by Gasteiger charge is -2.18. The second-order valence-corrected chi connectivity index (χ2v) is 9.61. The summed E-state index contributed by atoms with van der Waals surface area (Å²) in [7, 11) is -3.76. The molecular weight excluding hydrogens is 432 g/mol. The number of benzene rings is 2. The van der Waals surface area contributed by atoms with Crippen LogP contribution in [0.1, 0.15) is 23.2 Å². The van der Waals surface area contributed by atoms with Crippen molar-refractivity contribution in [3.8, 4) is 5.75 Å². The van der Waals surface area contributed by atoms with Gasteiger partial charge in [0.25, 0.3) is 5.91 Å². The lowest BCUT2D eigenvalue weighted by atomic mass is 10.2. The van der Waals surface area contributed by atoms with E-state index in [2.05, 4.69) is 4.72 Å². The molecule has 9 heteroatoms. The molecule has 6 nitrogen and oxygen atoms in total. The van der Waals surface area contributed by atoms with Crippen molar-refractivity contribution in [2.45, 2.75) is 22.6 Å². The number of thioether (sulfide) groups is 1. The molecule has 156 valence electrons. The summed E-state index contributed by atoms with van der Waals surface area (Å²) >= 11 is 7.25. The van der Waals surface area contributed by atoms with Crippen molar-refractivity contribution < 1.29 is 17.9 Å². The summed E-state index contributed by atoms with van der Waals surface area (Å²) in [6.07, 6.45) is 3.83. The summed E-state index contributed by atoms with van der Waals surface area (Å²) in [5.41, 5.74) is 0.430. The van der Waals surface area contributed by atoms with Crippen LogP contribution in [0.15, 0.2) is 52.3 Å². The van der Waals surface area contributed by atoms with E-state index in [0.717, 1.165) is 17.7 Å². The van der Waals surface area contributed by atoms with Gasteiger partial charge >= 0.3 is 0 Å². The van der Waals surface area contributed by atoms with Crippen molar-refractivity contribution in [2.24, 2.45) is 0 Å². The molecule has 0 saturated carbocycles. The van der Waals surface area contributed by atoms with Crippen LogP contribution >= 0.6 is 23.4 Å². The van der Waals surface area contributed by atoms with E-state index in [1.54, 1.807) is 35.2 Å². The molecule has 2 aromatic carbocycles. The van der Waals surface area contributed by atoms with E-state index < -0.39 is 10.0 Å². The molecule has 1 saturated heterocycles. The predicted molar refractivity (Wildman–Crippen MR) is 115 cm³/mol. The van der Waals surface area contributed by atoms with Gasteiger partial charge in [-0.1, -0.05) is 11.6 Å². The minimum absolute atomic E-state index is 0.0735. The van der Waals surface area contributed by atoms with E-state index in [0.29, 0.717) is 29.4 Å². The molecule has 1 amide bonds. The number of likely N-dealkylation sites (tertiary alicyclic amines) is 1. The Morgan fingerprint density at radius 3 is 2.52 bits per heavy atom. The van der Waals surface area contributed by atoms with Gasteiger partial charge in [-0.3, -0.25) is 4.79 Å². The fraction of sp³-hybridized carbons (Fsp3) is 0.350. The van der Waals surface area contributed by atoms with Crippen molar-refractivity contribution >= 4 is 39.3 Å². The van der Waals surface area contributed by atoms with Crippen LogP contribution in [0.5, 0.6) is 5.75 Å². The van der Waals surface area contributed by atoms with Gasteiger partial charge in [0, 0.05) is 29.6 Å². The fourth-order valence-corrected chi connectivity index (χ4v) is 4.81. The molecule has 0 bridgehead atoms. The number of hydrogen-bond donors (Lipinski definition) is 1. The lowest BCUT2D eigenvalue weighted by molar-refractivity contribution is 0.0789. The normalized spacial score (nSPS) is 14.2. The van der Waals surface area contributed by atoms with Crippen molar-refractivity contribution in [3.05, 3.63) is 53.1 Å². The molecule has 29 heavy (non-hydrogen) atoms. The maximum absolute atomic E-state index is 12.8. The Bertz CT molecular complexity index is 959. The van der Waals surface area contributed by atoms with Crippen LogP contribution in [0.25, 0.3) is 0 Å². The number of carbonyl (C=O) groups is 1. The largest absolute Gasteiger partial charge is 0.492 e. The van der Waals surface area contributed by atoms with Crippen LogP contribution in [0.3, 0.4) is 0 Å². The summed E-state index contributed by atoms with van der Waals surface area (Å²) in [6, 6.07) is 11.5. The van der Waals surface area contributed by atoms with Gasteiger partial charge in [-0.15, -0.1) is 11.8 Å². The van der Waals surface area contributed by atoms with Crippen molar-refractivity contribution in [3.63, 3.8) is 0 Å². The first-order chi connectivity index (χ1) is 13.9. The molecule has 0 unspecified atom stereocenters. The highest BCUT2D eigenvalue weighted by Gasteiger charge is 2.24. The lowest BCUT2D eigenvalue weighted by Crippen LogP contribution is -2.30. The van der Waals surface area contributed by atoms with Crippen molar-refractivity contribution in [1.29, 1.82) is 0 Å². The SMILES string of the molecule is CSc1ccc(S(=O)(=O)NCCOc2ccc(Cl)cc2)cc1C(=O)N1CCCC1. The Labute approximate surface area is 180 Å². The number of rotatable bonds is 8. The van der Waals surface area contributed by atoms with Crippen molar-refractivity contribution in [2.75, 3.05) is 32.5 Å². The third kappa shape index (κ3) is 5.66. The van der Waals surface area contributed by atoms with Crippen LogP contribution in [-0.4, -0.2) is 51.7 Å². The minimum atomic E-state index is -3.76. The van der Waals surface area contributed by atoms with E-state index in [1.165, 1.54) is 23.9 Å². The molecule has 1 aliphatic rings. The Morgan fingerprint density at radius 2 is 1.86 bits per heavy atom. The number of hydrogen-bond acceptors (Lipinski definition) is 5. The summed E-state index contributed by atoms with van der Waals surface area (Å²) in [4.78, 5) is 15.4. The molecule has 3 rings (SSSR count). The third-order valence-electron chi connectivity index (χ3n) is 4.58. The van der Waals surface area contributed by atoms with E-state index >= 15 is 0 Å². The zero-order valence-corrected chi connectivity index (χ0v) is 18.4. The molecule has 0 aliphatic carbocycles. The van der Waals surface area contributed by atoms with Crippen LogP contribution in [0.2, 0.25) is 5.02 Å². The summed E-state index contributed by atoms with van der Waals surface area (Å²) < 4.78 is 33.4. The summed E-state index contributed by atoms with van der Waals surface area (Å²) in [5, 5.41) is 0.603. The van der Waals surface area contributed by atoms with Gasteiger partial charge in [-0.05, 0) is 61.6 Å². The predicted octanol–water partition coefficient (Wildman–Crippen LogP) is 3.66. The van der Waals surface area contributed by atoms with E-state index in [4.69, 9.17) is 16.3 Å². The van der Waals surface area contributed by atoms with E-state index in [9.17, 15) is 13.2 Å². The maximum atomic E-state index is 12.8. The first-order valence-electron chi connectivity index (χ1n) is 9.26. The van der Waals surface area contributed by atoms with Crippen LogP contribution in [0, 0.1) is 0 Å². The van der Waals surface area contributed by atoms with Crippen LogP contribution < -0.4 is 9.46 Å². The standard InChI is InChI=1S/C20H23ClN2O4S2/c1-28-19-9-8-17(14-18(19)20(24)23-11-2-3-12-23)29(25,26)22-10-13-27-16-6-4-15(21)5-7-16/h4-9,14,22H,2-3,10-13H2,1H3. The Morgan fingerprint density at radius 1 is 1.17 bits per heavy atom. The number of carbonyl (C=O) groups excluding carboxylic acids is 1. The second-order valence-electron chi connectivity index (χ2n) is 6.56. The molecule has 0 radical (unpaired) electrons. The highest BCUT2D eigenvalue weighted by atomic mass is 35.5. The molecule has 0 spiro atoms. The highest BCUT2D eigenvalue weighted by Crippen LogP contribution is 2.26. The number of nitrogens with zero attached hydrogens (tertiary/aromatic N) is 1. The number of amides is 1. The number of halogens is 1. The molecule has 1 fully saturated rings. The summed E-state index contributed by atoms with van der Waals surface area (Å²) in [6.45, 7) is 1.70. The molecule has 0 atom stereocenters. The topological polar surface area (TPSA) is 75.7 Å². The number of sulfonamides is 1. The third-order valence-corrected chi connectivity index (χ3v) is 7.09. The molecule has 1 N–H and O–H groups in total. The van der Waals surface area contributed by atoms with Gasteiger partial charge in [-0.25, -0.2) is 13.1 Å².